The minimum Gasteiger partial charge on any atom is -0.359 e. The summed E-state index contributed by atoms with van der Waals surface area (Å²) < 4.78 is 1.85. The molecule has 2 heterocycles. The maximum absolute atomic E-state index is 12.0. The van der Waals surface area contributed by atoms with E-state index >= 15 is 0 Å². The predicted octanol–water partition coefficient (Wildman–Crippen LogP) is 1.08. The second-order valence-electron chi connectivity index (χ2n) is 5.87. The van der Waals surface area contributed by atoms with E-state index in [9.17, 15) is 4.79 Å². The van der Waals surface area contributed by atoms with Crippen molar-refractivity contribution in [2.75, 3.05) is 20.1 Å². The van der Waals surface area contributed by atoms with Crippen LogP contribution in [0.15, 0.2) is 6.20 Å². The number of rotatable bonds is 3. The Bertz CT molecular complexity index is 468. The molecular weight excluding hydrogens is 240 g/mol. The van der Waals surface area contributed by atoms with E-state index in [-0.39, 0.29) is 11.3 Å². The largest absolute Gasteiger partial charge is 0.359 e. The first-order chi connectivity index (χ1) is 8.94. The van der Waals surface area contributed by atoms with E-state index in [2.05, 4.69) is 28.4 Å². The van der Waals surface area contributed by atoms with Crippen LogP contribution in [0.2, 0.25) is 0 Å². The van der Waals surface area contributed by atoms with E-state index in [0.717, 1.165) is 38.2 Å². The van der Waals surface area contributed by atoms with E-state index < -0.39 is 0 Å². The molecule has 1 aromatic heterocycles. The lowest BCUT2D eigenvalue weighted by atomic mass is 9.81. The average molecular weight is 264 g/mol. The van der Waals surface area contributed by atoms with Gasteiger partial charge in [-0.15, -0.1) is 0 Å². The van der Waals surface area contributed by atoms with Crippen LogP contribution in [0.1, 0.15) is 31.0 Å². The van der Waals surface area contributed by atoms with Crippen molar-refractivity contribution in [3.8, 4) is 0 Å². The fourth-order valence-electron chi connectivity index (χ4n) is 3.01. The molecule has 1 fully saturated rings. The van der Waals surface area contributed by atoms with Crippen molar-refractivity contribution in [1.29, 1.82) is 0 Å². The number of nitrogens with one attached hydrogen (secondary N) is 1. The molecule has 0 saturated carbocycles. The molecule has 5 nitrogen and oxygen atoms in total. The molecule has 1 N–H and O–H groups in total. The van der Waals surface area contributed by atoms with Crippen LogP contribution in [-0.4, -0.2) is 40.7 Å². The molecule has 0 radical (unpaired) electrons. The maximum Gasteiger partial charge on any atom is 0.226 e. The van der Waals surface area contributed by atoms with E-state index in [1.54, 1.807) is 7.05 Å². The van der Waals surface area contributed by atoms with Gasteiger partial charge in [0, 0.05) is 38.9 Å². The number of nitrogens with zero attached hydrogens (tertiary/aromatic N) is 3. The first-order valence-electron chi connectivity index (χ1n) is 6.88. The van der Waals surface area contributed by atoms with E-state index in [1.807, 2.05) is 18.7 Å². The van der Waals surface area contributed by atoms with E-state index in [4.69, 9.17) is 0 Å². The summed E-state index contributed by atoms with van der Waals surface area (Å²) in [6, 6.07) is 0. The normalized spacial score (nSPS) is 24.4. The van der Waals surface area contributed by atoms with Gasteiger partial charge in [-0.3, -0.25) is 14.4 Å². The van der Waals surface area contributed by atoms with E-state index in [0.29, 0.717) is 0 Å². The van der Waals surface area contributed by atoms with Crippen molar-refractivity contribution in [1.82, 2.24) is 20.0 Å². The molecule has 1 aliphatic rings. The Labute approximate surface area is 115 Å². The van der Waals surface area contributed by atoms with Crippen molar-refractivity contribution >= 4 is 5.91 Å². The van der Waals surface area contributed by atoms with Gasteiger partial charge in [-0.1, -0.05) is 0 Å². The standard InChI is InChI=1S/C14H24N4O/c1-11-12(8-17(4)16-11)9-18-7-5-6-14(2,10-18)13(19)15-3/h8H,5-7,9-10H2,1-4H3,(H,15,19). The Balaban J connectivity index is 2.06. The number of aromatic nitrogens is 2. The number of amides is 1. The summed E-state index contributed by atoms with van der Waals surface area (Å²) in [5.74, 6) is 0.153. The lowest BCUT2D eigenvalue weighted by Gasteiger charge is -2.39. The lowest BCUT2D eigenvalue weighted by Crippen LogP contribution is -2.49. The topological polar surface area (TPSA) is 50.2 Å². The Hall–Kier alpha value is -1.36. The highest BCUT2D eigenvalue weighted by atomic mass is 16.2. The predicted molar refractivity (Wildman–Crippen MR) is 74.6 cm³/mol. The molecule has 1 atom stereocenters. The first-order valence-corrected chi connectivity index (χ1v) is 6.88. The number of carbonyl (C=O) groups is 1. The highest BCUT2D eigenvalue weighted by Gasteiger charge is 2.37. The van der Waals surface area contributed by atoms with Crippen LogP contribution in [0, 0.1) is 12.3 Å². The summed E-state index contributed by atoms with van der Waals surface area (Å²) >= 11 is 0. The molecule has 1 saturated heterocycles. The van der Waals surface area contributed by atoms with Crippen molar-refractivity contribution in [3.63, 3.8) is 0 Å². The summed E-state index contributed by atoms with van der Waals surface area (Å²) in [4.78, 5) is 14.4. The fourth-order valence-corrected chi connectivity index (χ4v) is 3.01. The van der Waals surface area contributed by atoms with Gasteiger partial charge in [0.05, 0.1) is 11.1 Å². The van der Waals surface area contributed by atoms with Gasteiger partial charge in [0.1, 0.15) is 0 Å². The molecule has 5 heteroatoms. The van der Waals surface area contributed by atoms with Crippen LogP contribution in [0.5, 0.6) is 0 Å². The van der Waals surface area contributed by atoms with Gasteiger partial charge in [-0.05, 0) is 33.2 Å². The second kappa shape index (κ2) is 5.33. The number of aryl methyl sites for hydroxylation is 2. The van der Waals surface area contributed by atoms with Gasteiger partial charge >= 0.3 is 0 Å². The van der Waals surface area contributed by atoms with Crippen molar-refractivity contribution in [2.45, 2.75) is 33.2 Å². The van der Waals surface area contributed by atoms with Gasteiger partial charge in [0.25, 0.3) is 0 Å². The van der Waals surface area contributed by atoms with Crippen molar-refractivity contribution < 1.29 is 4.79 Å². The van der Waals surface area contributed by atoms with Gasteiger partial charge in [0.2, 0.25) is 5.91 Å². The molecule has 0 spiro atoms. The maximum atomic E-state index is 12.0. The van der Waals surface area contributed by atoms with Crippen molar-refractivity contribution in [2.24, 2.45) is 12.5 Å². The summed E-state index contributed by atoms with van der Waals surface area (Å²) in [6.07, 6.45) is 4.11. The third-order valence-corrected chi connectivity index (χ3v) is 4.06. The highest BCUT2D eigenvalue weighted by Crippen LogP contribution is 2.30. The summed E-state index contributed by atoms with van der Waals surface area (Å²) in [5, 5.41) is 7.17. The van der Waals surface area contributed by atoms with Gasteiger partial charge in [0.15, 0.2) is 0 Å². The molecule has 1 amide bonds. The number of hydrogen-bond acceptors (Lipinski definition) is 3. The highest BCUT2D eigenvalue weighted by molar-refractivity contribution is 5.82. The smallest absolute Gasteiger partial charge is 0.226 e. The van der Waals surface area contributed by atoms with Crippen LogP contribution in [0.25, 0.3) is 0 Å². The first kappa shape index (κ1) is 14.1. The molecule has 1 aliphatic heterocycles. The zero-order chi connectivity index (χ0) is 14.0. The zero-order valence-corrected chi connectivity index (χ0v) is 12.4. The third-order valence-electron chi connectivity index (χ3n) is 4.06. The van der Waals surface area contributed by atoms with Gasteiger partial charge < -0.3 is 5.32 Å². The number of piperidine rings is 1. The Morgan fingerprint density at radius 3 is 2.89 bits per heavy atom. The average Bonchev–Trinajstić information content (AvgIpc) is 2.67. The van der Waals surface area contributed by atoms with Crippen LogP contribution >= 0.6 is 0 Å². The number of hydrogen-bond donors (Lipinski definition) is 1. The molecule has 106 valence electrons. The molecule has 0 bridgehead atoms. The lowest BCUT2D eigenvalue weighted by molar-refractivity contribution is -0.132. The Morgan fingerprint density at radius 2 is 2.32 bits per heavy atom. The SMILES string of the molecule is CNC(=O)C1(C)CCCN(Cc2cn(C)nc2C)C1. The van der Waals surface area contributed by atoms with Crippen molar-refractivity contribution in [3.05, 3.63) is 17.5 Å². The number of carbonyl (C=O) groups excluding carboxylic acids is 1. The van der Waals surface area contributed by atoms with Crippen LogP contribution < -0.4 is 5.32 Å². The molecule has 2 rings (SSSR count). The van der Waals surface area contributed by atoms with Gasteiger partial charge in [-0.25, -0.2) is 0 Å². The molecule has 0 aromatic carbocycles. The quantitative estimate of drug-likeness (QED) is 0.888. The third kappa shape index (κ3) is 2.97. The molecule has 1 aromatic rings. The minimum absolute atomic E-state index is 0.153. The summed E-state index contributed by atoms with van der Waals surface area (Å²) in [7, 11) is 3.67. The van der Waals surface area contributed by atoms with Crippen LogP contribution in [0.3, 0.4) is 0 Å². The molecule has 1 unspecified atom stereocenters. The second-order valence-corrected chi connectivity index (χ2v) is 5.87. The Morgan fingerprint density at radius 1 is 1.58 bits per heavy atom. The Kier molecular flexibility index (Phi) is 3.94. The van der Waals surface area contributed by atoms with Gasteiger partial charge in [-0.2, -0.15) is 5.10 Å². The number of likely N-dealkylation sites (tertiary alicyclic amines) is 1. The fraction of sp³-hybridized carbons (Fsp3) is 0.714. The molecule has 19 heavy (non-hydrogen) atoms. The van der Waals surface area contributed by atoms with Crippen LogP contribution in [-0.2, 0) is 18.4 Å². The zero-order valence-electron chi connectivity index (χ0n) is 12.4. The molecule has 0 aliphatic carbocycles. The van der Waals surface area contributed by atoms with E-state index in [1.165, 1.54) is 5.56 Å². The monoisotopic (exact) mass is 264 g/mol. The minimum atomic E-state index is -0.261. The summed E-state index contributed by atoms with van der Waals surface area (Å²) in [5.41, 5.74) is 2.07. The van der Waals surface area contributed by atoms with Crippen LogP contribution in [0.4, 0.5) is 0 Å². The molecular formula is C14H24N4O. The summed E-state index contributed by atoms with van der Waals surface area (Å²) in [6.45, 7) is 6.86.